The largest absolute Gasteiger partial charge is 0.329 e. The number of thioether (sulfide) groups is 1. The molecule has 2 amide bonds. The number of nitrogens with one attached hydrogen (secondary N) is 1. The molecule has 4 rings (SSSR count). The Morgan fingerprint density at radius 2 is 2.05 bits per heavy atom. The number of hydrogen-bond donors (Lipinski definition) is 1. The molecule has 2 aliphatic rings. The van der Waals surface area contributed by atoms with Gasteiger partial charge in [0.1, 0.15) is 10.3 Å². The Kier molecular flexibility index (Phi) is 3.09. The number of rotatable bonds is 2. The lowest BCUT2D eigenvalue weighted by atomic mass is 10.0. The van der Waals surface area contributed by atoms with Crippen molar-refractivity contribution in [3.8, 4) is 0 Å². The topological polar surface area (TPSA) is 62.3 Å². The molecule has 1 aromatic heterocycles. The van der Waals surface area contributed by atoms with Crippen LogP contribution in [0.4, 0.5) is 16.2 Å². The number of nitrogens with zero attached hydrogens (tertiary/aromatic N) is 2. The van der Waals surface area contributed by atoms with Crippen LogP contribution >= 0.6 is 23.4 Å². The van der Waals surface area contributed by atoms with Crippen LogP contribution in [0.15, 0.2) is 47.6 Å². The molecule has 3 heterocycles. The smallest absolute Gasteiger partial charge is 0.327 e. The minimum absolute atomic E-state index is 0.272. The maximum Gasteiger partial charge on any atom is 0.327 e. The number of anilines is 2. The Morgan fingerprint density at radius 1 is 1.27 bits per heavy atom. The molecule has 0 bridgehead atoms. The van der Waals surface area contributed by atoms with Crippen LogP contribution in [-0.4, -0.2) is 21.5 Å². The van der Waals surface area contributed by atoms with Crippen LogP contribution < -0.4 is 10.2 Å². The Morgan fingerprint density at radius 3 is 2.77 bits per heavy atom. The first-order chi connectivity index (χ1) is 10.7. The van der Waals surface area contributed by atoms with Gasteiger partial charge in [-0.1, -0.05) is 30.0 Å². The van der Waals surface area contributed by atoms with Crippen LogP contribution in [0.2, 0.25) is 0 Å². The fourth-order valence-corrected chi connectivity index (χ4v) is 4.24. The van der Waals surface area contributed by atoms with Crippen molar-refractivity contribution in [3.63, 3.8) is 0 Å². The zero-order valence-corrected chi connectivity index (χ0v) is 12.8. The van der Waals surface area contributed by atoms with Gasteiger partial charge in [0.05, 0.1) is 17.4 Å². The maximum atomic E-state index is 12.5. The predicted octanol–water partition coefficient (Wildman–Crippen LogP) is 3.22. The average molecular weight is 332 g/mol. The van der Waals surface area contributed by atoms with Gasteiger partial charge in [0.2, 0.25) is 5.24 Å². The molecule has 0 aliphatic carbocycles. The van der Waals surface area contributed by atoms with E-state index in [1.165, 1.54) is 11.8 Å². The van der Waals surface area contributed by atoms with Crippen LogP contribution in [-0.2, 0) is 4.79 Å². The van der Waals surface area contributed by atoms with Crippen LogP contribution in [0.5, 0.6) is 0 Å². The van der Waals surface area contributed by atoms with E-state index in [-0.39, 0.29) is 6.03 Å². The second kappa shape index (κ2) is 5.00. The Bertz CT molecular complexity index is 784. The standard InChI is InChI=1S/C15H10ClN3O2S/c16-13(20)12-11-10-9(6-7-17-14(10)22-12)19(15(21)18-11)8-4-2-1-3-5-8/h1-7,11-12H,(H,18,21). The zero-order chi connectivity index (χ0) is 15.3. The second-order valence-electron chi connectivity index (χ2n) is 4.99. The molecule has 22 heavy (non-hydrogen) atoms. The minimum atomic E-state index is -0.535. The van der Waals surface area contributed by atoms with Gasteiger partial charge < -0.3 is 5.32 Å². The number of pyridine rings is 1. The summed E-state index contributed by atoms with van der Waals surface area (Å²) < 4.78 is 0. The molecule has 0 radical (unpaired) electrons. The summed E-state index contributed by atoms with van der Waals surface area (Å²) in [6.45, 7) is 0. The summed E-state index contributed by atoms with van der Waals surface area (Å²) in [6, 6.07) is 10.4. The van der Waals surface area contributed by atoms with Gasteiger partial charge in [-0.15, -0.1) is 0 Å². The molecular formula is C15H10ClN3O2S. The van der Waals surface area contributed by atoms with Crippen molar-refractivity contribution in [2.45, 2.75) is 16.3 Å². The normalized spacial score (nSPS) is 22.2. The van der Waals surface area contributed by atoms with E-state index in [9.17, 15) is 9.59 Å². The van der Waals surface area contributed by atoms with Crippen molar-refractivity contribution < 1.29 is 9.59 Å². The third-order valence-corrected chi connectivity index (χ3v) is 5.40. The molecule has 7 heteroatoms. The minimum Gasteiger partial charge on any atom is -0.329 e. The average Bonchev–Trinajstić information content (AvgIpc) is 2.89. The number of hydrogen-bond acceptors (Lipinski definition) is 4. The summed E-state index contributed by atoms with van der Waals surface area (Å²) in [6.07, 6.45) is 1.65. The number of urea groups is 1. The Labute approximate surface area is 135 Å². The number of carbonyl (C=O) groups excluding carboxylic acids is 2. The number of para-hydroxylation sites is 1. The van der Waals surface area contributed by atoms with Gasteiger partial charge >= 0.3 is 6.03 Å². The molecule has 0 saturated heterocycles. The van der Waals surface area contributed by atoms with E-state index in [1.54, 1.807) is 17.2 Å². The summed E-state index contributed by atoms with van der Waals surface area (Å²) in [5.74, 6) is 0. The number of halogens is 1. The van der Waals surface area contributed by atoms with Gasteiger partial charge in [-0.05, 0) is 29.8 Å². The lowest BCUT2D eigenvalue weighted by Gasteiger charge is -2.33. The monoisotopic (exact) mass is 331 g/mol. The highest BCUT2D eigenvalue weighted by Crippen LogP contribution is 2.50. The maximum absolute atomic E-state index is 12.5. The van der Waals surface area contributed by atoms with Gasteiger partial charge in [-0.3, -0.25) is 9.69 Å². The highest BCUT2D eigenvalue weighted by Gasteiger charge is 2.46. The van der Waals surface area contributed by atoms with E-state index in [0.717, 1.165) is 22.0 Å². The van der Waals surface area contributed by atoms with Crippen LogP contribution in [0.25, 0.3) is 0 Å². The molecule has 1 N–H and O–H groups in total. The first-order valence-electron chi connectivity index (χ1n) is 6.67. The summed E-state index contributed by atoms with van der Waals surface area (Å²) in [7, 11) is 0. The molecule has 1 aromatic carbocycles. The molecule has 0 spiro atoms. The lowest BCUT2D eigenvalue weighted by Crippen LogP contribution is -2.46. The molecular weight excluding hydrogens is 322 g/mol. The molecule has 2 unspecified atom stereocenters. The summed E-state index contributed by atoms with van der Waals surface area (Å²) in [5.41, 5.74) is 2.37. The third-order valence-electron chi connectivity index (χ3n) is 3.74. The van der Waals surface area contributed by atoms with Crippen molar-refractivity contribution in [3.05, 3.63) is 48.2 Å². The summed E-state index contributed by atoms with van der Waals surface area (Å²) in [5, 5.41) is 2.60. The molecule has 2 aromatic rings. The lowest BCUT2D eigenvalue weighted by molar-refractivity contribution is -0.111. The van der Waals surface area contributed by atoms with Crippen molar-refractivity contribution in [1.29, 1.82) is 0 Å². The van der Waals surface area contributed by atoms with E-state index in [1.807, 2.05) is 30.3 Å². The number of benzene rings is 1. The van der Waals surface area contributed by atoms with Crippen molar-refractivity contribution in [2.24, 2.45) is 0 Å². The molecule has 110 valence electrons. The fourth-order valence-electron chi connectivity index (χ4n) is 2.83. The van der Waals surface area contributed by atoms with E-state index in [4.69, 9.17) is 11.6 Å². The highest BCUT2D eigenvalue weighted by atomic mass is 35.5. The first kappa shape index (κ1) is 13.6. The van der Waals surface area contributed by atoms with Gasteiger partial charge in [-0.25, -0.2) is 9.78 Å². The Hall–Kier alpha value is -2.05. The first-order valence-corrected chi connectivity index (χ1v) is 7.93. The van der Waals surface area contributed by atoms with Gasteiger partial charge in [0, 0.05) is 11.8 Å². The second-order valence-corrected chi connectivity index (χ2v) is 6.49. The van der Waals surface area contributed by atoms with E-state index in [0.29, 0.717) is 0 Å². The van der Waals surface area contributed by atoms with Crippen molar-refractivity contribution >= 4 is 46.0 Å². The predicted molar refractivity (Wildman–Crippen MR) is 84.6 cm³/mol. The quantitative estimate of drug-likeness (QED) is 0.858. The van der Waals surface area contributed by atoms with Gasteiger partial charge in [-0.2, -0.15) is 0 Å². The number of carbonyl (C=O) groups is 2. The van der Waals surface area contributed by atoms with Crippen LogP contribution in [0.3, 0.4) is 0 Å². The van der Waals surface area contributed by atoms with E-state index < -0.39 is 16.5 Å². The fraction of sp³-hybridized carbons (Fsp3) is 0.133. The third kappa shape index (κ3) is 1.91. The zero-order valence-electron chi connectivity index (χ0n) is 11.2. The summed E-state index contributed by atoms with van der Waals surface area (Å²) >= 11 is 6.97. The molecule has 2 aliphatic heterocycles. The highest BCUT2D eigenvalue weighted by molar-refractivity contribution is 8.01. The number of aromatic nitrogens is 1. The van der Waals surface area contributed by atoms with Crippen molar-refractivity contribution in [1.82, 2.24) is 10.3 Å². The van der Waals surface area contributed by atoms with Crippen LogP contribution in [0, 0.1) is 0 Å². The van der Waals surface area contributed by atoms with Crippen molar-refractivity contribution in [2.75, 3.05) is 4.90 Å². The molecule has 5 nitrogen and oxygen atoms in total. The summed E-state index contributed by atoms with van der Waals surface area (Å²) in [4.78, 5) is 30.1. The SMILES string of the molecule is O=C(Cl)C1Sc2nccc3c2C1NC(=O)N3c1ccccc1. The Balaban J connectivity index is 1.88. The van der Waals surface area contributed by atoms with Gasteiger partial charge in [0.15, 0.2) is 0 Å². The van der Waals surface area contributed by atoms with E-state index in [2.05, 4.69) is 10.3 Å². The number of amides is 2. The van der Waals surface area contributed by atoms with Crippen LogP contribution in [0.1, 0.15) is 11.6 Å². The molecule has 2 atom stereocenters. The molecule has 0 saturated carbocycles. The van der Waals surface area contributed by atoms with E-state index >= 15 is 0 Å². The molecule has 0 fully saturated rings. The van der Waals surface area contributed by atoms with Gasteiger partial charge in [0.25, 0.3) is 0 Å².